The van der Waals surface area contributed by atoms with Crippen molar-refractivity contribution in [3.63, 3.8) is 0 Å². The van der Waals surface area contributed by atoms with Crippen LogP contribution < -0.4 is 5.32 Å². The number of nitrogens with zero attached hydrogens (tertiary/aromatic N) is 3. The lowest BCUT2D eigenvalue weighted by Gasteiger charge is -2.07. The number of hydrogen-bond donors (Lipinski definition) is 1. The molecule has 0 saturated heterocycles. The average Bonchev–Trinajstić information content (AvgIpc) is 2.27. The molecule has 10 heavy (non-hydrogen) atoms. The lowest BCUT2D eigenvalue weighted by Crippen LogP contribution is -2.23. The van der Waals surface area contributed by atoms with Gasteiger partial charge in [-0.15, -0.1) is 0 Å². The van der Waals surface area contributed by atoms with Crippen LogP contribution >= 0.6 is 0 Å². The zero-order valence-electron chi connectivity index (χ0n) is 5.96. The highest BCUT2D eigenvalue weighted by Gasteiger charge is 2.12. The maximum Gasteiger partial charge on any atom is 0.0997 e. The second-order valence-electron chi connectivity index (χ2n) is 2.51. The Morgan fingerprint density at radius 2 is 2.20 bits per heavy atom. The molecular weight excluding hydrogens is 128 g/mol. The summed E-state index contributed by atoms with van der Waals surface area (Å²) in [7, 11) is 1.86. The maximum atomic E-state index is 4.22. The van der Waals surface area contributed by atoms with Gasteiger partial charge in [-0.2, -0.15) is 15.0 Å². The van der Waals surface area contributed by atoms with Gasteiger partial charge in [0.2, 0.25) is 0 Å². The summed E-state index contributed by atoms with van der Waals surface area (Å²) in [5, 5.41) is 11.6. The molecule has 1 aliphatic rings. The van der Waals surface area contributed by atoms with Crippen LogP contribution in [0.2, 0.25) is 0 Å². The minimum atomic E-state index is 0.878. The van der Waals surface area contributed by atoms with Crippen molar-refractivity contribution in [1.29, 1.82) is 0 Å². The molecule has 1 N–H and O–H groups in total. The lowest BCUT2D eigenvalue weighted by atomic mass is 10.2. The zero-order chi connectivity index (χ0) is 6.97. The molecule has 0 amide bonds. The number of aryl methyl sites for hydroxylation is 1. The fraction of sp³-hybridized carbons (Fsp3) is 0.667. The largest absolute Gasteiger partial charge is 0.311 e. The van der Waals surface area contributed by atoms with Gasteiger partial charge in [0.05, 0.1) is 11.4 Å². The Labute approximate surface area is 59.2 Å². The van der Waals surface area contributed by atoms with Gasteiger partial charge < -0.3 is 5.32 Å². The molecule has 0 saturated carbocycles. The highest BCUT2D eigenvalue weighted by Crippen LogP contribution is 2.06. The van der Waals surface area contributed by atoms with Gasteiger partial charge in [-0.3, -0.25) is 0 Å². The van der Waals surface area contributed by atoms with E-state index in [1.54, 1.807) is 4.80 Å². The van der Waals surface area contributed by atoms with Crippen molar-refractivity contribution in [2.24, 2.45) is 7.05 Å². The molecule has 0 unspecified atom stereocenters. The van der Waals surface area contributed by atoms with Crippen molar-refractivity contribution in [2.45, 2.75) is 13.0 Å². The summed E-state index contributed by atoms with van der Waals surface area (Å²) in [6, 6.07) is 0. The number of aromatic nitrogens is 3. The first-order chi connectivity index (χ1) is 4.86. The normalized spacial score (nSPS) is 16.9. The Hall–Kier alpha value is -0.900. The number of nitrogens with one attached hydrogen (secondary N) is 1. The van der Waals surface area contributed by atoms with E-state index in [0.29, 0.717) is 0 Å². The standard InChI is InChI=1S/C6H10N4/c1-10-8-5-2-3-7-4-6(5)9-10/h7H,2-4H2,1H3. The van der Waals surface area contributed by atoms with Gasteiger partial charge in [-0.05, 0) is 0 Å². The molecule has 0 radical (unpaired) electrons. The second-order valence-corrected chi connectivity index (χ2v) is 2.51. The van der Waals surface area contributed by atoms with Gasteiger partial charge in [0, 0.05) is 26.6 Å². The van der Waals surface area contributed by atoms with Crippen molar-refractivity contribution >= 4 is 0 Å². The summed E-state index contributed by atoms with van der Waals surface area (Å²) in [5.41, 5.74) is 2.26. The van der Waals surface area contributed by atoms with E-state index in [-0.39, 0.29) is 0 Å². The molecule has 1 aliphatic heterocycles. The molecule has 0 spiro atoms. The Morgan fingerprint density at radius 1 is 1.40 bits per heavy atom. The van der Waals surface area contributed by atoms with E-state index in [1.165, 1.54) is 0 Å². The van der Waals surface area contributed by atoms with Crippen molar-refractivity contribution in [3.8, 4) is 0 Å². The predicted octanol–water partition coefficient (Wildman–Crippen LogP) is -0.539. The monoisotopic (exact) mass is 138 g/mol. The van der Waals surface area contributed by atoms with E-state index in [0.717, 1.165) is 30.9 Å². The predicted molar refractivity (Wildman–Crippen MR) is 36.4 cm³/mol. The third-order valence-corrected chi connectivity index (χ3v) is 1.70. The van der Waals surface area contributed by atoms with Gasteiger partial charge in [-0.1, -0.05) is 0 Å². The van der Waals surface area contributed by atoms with Gasteiger partial charge in [-0.25, -0.2) is 0 Å². The minimum absolute atomic E-state index is 0.878. The summed E-state index contributed by atoms with van der Waals surface area (Å²) in [5.74, 6) is 0. The first-order valence-corrected chi connectivity index (χ1v) is 3.46. The van der Waals surface area contributed by atoms with Crippen LogP contribution in [0.15, 0.2) is 0 Å². The molecule has 4 nitrogen and oxygen atoms in total. The molecule has 0 atom stereocenters. The van der Waals surface area contributed by atoms with Crippen LogP contribution in [-0.4, -0.2) is 21.5 Å². The third kappa shape index (κ3) is 0.806. The maximum absolute atomic E-state index is 4.22. The number of rotatable bonds is 0. The molecule has 2 heterocycles. The van der Waals surface area contributed by atoms with Gasteiger partial charge in [0.1, 0.15) is 0 Å². The van der Waals surface area contributed by atoms with E-state index < -0.39 is 0 Å². The third-order valence-electron chi connectivity index (χ3n) is 1.70. The van der Waals surface area contributed by atoms with Crippen LogP contribution in [0.25, 0.3) is 0 Å². The molecule has 1 aromatic heterocycles. The molecule has 0 aromatic carbocycles. The van der Waals surface area contributed by atoms with Gasteiger partial charge >= 0.3 is 0 Å². The fourth-order valence-corrected chi connectivity index (χ4v) is 1.23. The number of hydrogen-bond acceptors (Lipinski definition) is 3. The van der Waals surface area contributed by atoms with E-state index in [1.807, 2.05) is 7.05 Å². The van der Waals surface area contributed by atoms with Crippen LogP contribution in [0.4, 0.5) is 0 Å². The van der Waals surface area contributed by atoms with Crippen molar-refractivity contribution in [2.75, 3.05) is 6.54 Å². The molecule has 2 rings (SSSR count). The minimum Gasteiger partial charge on any atom is -0.311 e. The Morgan fingerprint density at radius 3 is 3.00 bits per heavy atom. The van der Waals surface area contributed by atoms with Gasteiger partial charge in [0.25, 0.3) is 0 Å². The Balaban J connectivity index is 2.41. The topological polar surface area (TPSA) is 42.7 Å². The van der Waals surface area contributed by atoms with Crippen LogP contribution in [0.1, 0.15) is 11.4 Å². The molecular formula is C6H10N4. The molecule has 0 bridgehead atoms. The van der Waals surface area contributed by atoms with Crippen molar-refractivity contribution in [3.05, 3.63) is 11.4 Å². The lowest BCUT2D eigenvalue weighted by molar-refractivity contribution is 0.624. The Kier molecular flexibility index (Phi) is 1.20. The first kappa shape index (κ1) is 5.85. The van der Waals surface area contributed by atoms with Crippen LogP contribution in [-0.2, 0) is 20.0 Å². The molecule has 54 valence electrons. The van der Waals surface area contributed by atoms with Crippen molar-refractivity contribution in [1.82, 2.24) is 20.3 Å². The quantitative estimate of drug-likeness (QED) is 0.523. The molecule has 4 heteroatoms. The summed E-state index contributed by atoms with van der Waals surface area (Å²) in [6.07, 6.45) is 1.02. The summed E-state index contributed by atoms with van der Waals surface area (Å²) in [6.45, 7) is 1.91. The second kappa shape index (κ2) is 2.05. The molecule has 0 aliphatic carbocycles. The SMILES string of the molecule is Cn1nc2c(n1)CNCC2. The van der Waals surface area contributed by atoms with Crippen molar-refractivity contribution < 1.29 is 0 Å². The fourth-order valence-electron chi connectivity index (χ4n) is 1.23. The van der Waals surface area contributed by atoms with Crippen LogP contribution in [0.3, 0.4) is 0 Å². The molecule has 1 aromatic rings. The van der Waals surface area contributed by atoms with Crippen LogP contribution in [0, 0.1) is 0 Å². The number of fused-ring (bicyclic) bond motifs is 1. The Bertz CT molecular complexity index is 216. The average molecular weight is 138 g/mol. The molecule has 0 fully saturated rings. The summed E-state index contributed by atoms with van der Waals surface area (Å²) >= 11 is 0. The summed E-state index contributed by atoms with van der Waals surface area (Å²) in [4.78, 5) is 1.64. The highest BCUT2D eigenvalue weighted by atomic mass is 15.5. The van der Waals surface area contributed by atoms with E-state index in [2.05, 4.69) is 15.5 Å². The smallest absolute Gasteiger partial charge is 0.0997 e. The van der Waals surface area contributed by atoms with E-state index in [9.17, 15) is 0 Å². The first-order valence-electron chi connectivity index (χ1n) is 3.46. The van der Waals surface area contributed by atoms with Crippen LogP contribution in [0.5, 0.6) is 0 Å². The highest BCUT2D eigenvalue weighted by molar-refractivity contribution is 5.11. The zero-order valence-corrected chi connectivity index (χ0v) is 5.96. The van der Waals surface area contributed by atoms with Gasteiger partial charge in [0.15, 0.2) is 0 Å². The summed E-state index contributed by atoms with van der Waals surface area (Å²) < 4.78 is 0. The van der Waals surface area contributed by atoms with E-state index in [4.69, 9.17) is 0 Å². The van der Waals surface area contributed by atoms with E-state index >= 15 is 0 Å².